The zero-order valence-electron chi connectivity index (χ0n) is 12.5. The largest absolute Gasteiger partial charge is 0.326 e. The first-order chi connectivity index (χ1) is 11.3. The van der Waals surface area contributed by atoms with E-state index in [1.54, 1.807) is 0 Å². The second-order valence-electron chi connectivity index (χ2n) is 5.85. The maximum absolute atomic E-state index is 12.7. The van der Waals surface area contributed by atoms with Gasteiger partial charge in [0, 0.05) is 36.3 Å². The van der Waals surface area contributed by atoms with Crippen molar-refractivity contribution in [1.29, 1.82) is 0 Å². The summed E-state index contributed by atoms with van der Waals surface area (Å²) in [6.07, 6.45) is 1.85. The van der Waals surface area contributed by atoms with Crippen molar-refractivity contribution in [2.24, 2.45) is 5.92 Å². The molecule has 5 heteroatoms. The highest BCUT2D eigenvalue weighted by molar-refractivity contribution is 7.13. The lowest BCUT2D eigenvalue weighted by molar-refractivity contribution is -0.119. The van der Waals surface area contributed by atoms with Crippen molar-refractivity contribution in [2.75, 3.05) is 18.4 Å². The standard InChI is InChI=1S/C18H17N3OS.CH4/c22-18(21-14-7-6-13-9-20-23-17(13)8-14)16-11-19-10-15(16)12-4-2-1-3-5-12;/h1-9,15-16,19H,10-11H2,(H,21,22);1H4/t15-,16+;/m0./s1. The van der Waals surface area contributed by atoms with E-state index in [0.717, 1.165) is 22.3 Å². The Balaban J connectivity index is 0.00000169. The van der Waals surface area contributed by atoms with Crippen LogP contribution in [0.2, 0.25) is 0 Å². The minimum atomic E-state index is -0.0467. The molecule has 1 aliphatic heterocycles. The highest BCUT2D eigenvalue weighted by Gasteiger charge is 2.33. The molecule has 1 fully saturated rings. The molecule has 1 amide bonds. The quantitative estimate of drug-likeness (QED) is 0.761. The monoisotopic (exact) mass is 339 g/mol. The first-order valence-corrected chi connectivity index (χ1v) is 8.49. The van der Waals surface area contributed by atoms with Crippen molar-refractivity contribution >= 4 is 33.2 Å². The fourth-order valence-electron chi connectivity index (χ4n) is 3.18. The van der Waals surface area contributed by atoms with Crippen molar-refractivity contribution in [3.05, 3.63) is 60.3 Å². The summed E-state index contributed by atoms with van der Waals surface area (Å²) in [5.74, 6) is 0.255. The number of benzene rings is 2. The summed E-state index contributed by atoms with van der Waals surface area (Å²) in [6.45, 7) is 1.56. The van der Waals surface area contributed by atoms with Crippen LogP contribution in [-0.4, -0.2) is 23.4 Å². The van der Waals surface area contributed by atoms with Crippen molar-refractivity contribution < 1.29 is 4.79 Å². The fraction of sp³-hybridized carbons (Fsp3) is 0.263. The molecule has 2 heterocycles. The summed E-state index contributed by atoms with van der Waals surface area (Å²) in [4.78, 5) is 12.7. The Labute approximate surface area is 146 Å². The molecule has 0 bridgehead atoms. The Bertz CT molecular complexity index is 831. The van der Waals surface area contributed by atoms with Gasteiger partial charge < -0.3 is 10.6 Å². The van der Waals surface area contributed by atoms with E-state index in [2.05, 4.69) is 27.1 Å². The molecule has 2 aromatic carbocycles. The Kier molecular flexibility index (Phi) is 4.92. The van der Waals surface area contributed by atoms with E-state index < -0.39 is 0 Å². The van der Waals surface area contributed by atoms with E-state index in [9.17, 15) is 4.79 Å². The SMILES string of the molecule is C.O=C(Nc1ccc2cnsc2c1)[C@@H]1CNC[C@H]1c1ccccc1. The van der Waals surface area contributed by atoms with Gasteiger partial charge in [0.2, 0.25) is 5.91 Å². The summed E-state index contributed by atoms with van der Waals surface area (Å²) in [7, 11) is 0. The van der Waals surface area contributed by atoms with Gasteiger partial charge in [-0.25, -0.2) is 0 Å². The molecule has 124 valence electrons. The third-order valence-electron chi connectivity index (χ3n) is 4.40. The van der Waals surface area contributed by atoms with E-state index in [-0.39, 0.29) is 25.2 Å². The maximum Gasteiger partial charge on any atom is 0.229 e. The molecule has 2 atom stereocenters. The van der Waals surface area contributed by atoms with Gasteiger partial charge in [-0.15, -0.1) is 0 Å². The second kappa shape index (κ2) is 7.11. The molecular formula is C19H21N3OS. The predicted molar refractivity (Wildman–Crippen MR) is 101 cm³/mol. The molecule has 4 nitrogen and oxygen atoms in total. The molecule has 2 N–H and O–H groups in total. The number of nitrogens with one attached hydrogen (secondary N) is 2. The smallest absolute Gasteiger partial charge is 0.229 e. The summed E-state index contributed by atoms with van der Waals surface area (Å²) < 4.78 is 5.26. The van der Waals surface area contributed by atoms with Crippen molar-refractivity contribution in [1.82, 2.24) is 9.69 Å². The van der Waals surface area contributed by atoms with E-state index in [1.165, 1.54) is 17.1 Å². The average molecular weight is 339 g/mol. The number of amides is 1. The molecule has 3 aromatic rings. The molecule has 24 heavy (non-hydrogen) atoms. The minimum absolute atomic E-state index is 0. The van der Waals surface area contributed by atoms with Crippen molar-refractivity contribution in [2.45, 2.75) is 13.3 Å². The maximum atomic E-state index is 12.7. The summed E-state index contributed by atoms with van der Waals surface area (Å²) in [5, 5.41) is 7.52. The van der Waals surface area contributed by atoms with E-state index >= 15 is 0 Å². The predicted octanol–water partition coefficient (Wildman–Crippen LogP) is 3.87. The number of carbonyl (C=O) groups is 1. The number of anilines is 1. The Hall–Kier alpha value is -2.24. The first-order valence-electron chi connectivity index (χ1n) is 7.72. The van der Waals surface area contributed by atoms with Crippen LogP contribution in [0.5, 0.6) is 0 Å². The number of hydrogen-bond acceptors (Lipinski definition) is 4. The van der Waals surface area contributed by atoms with E-state index in [4.69, 9.17) is 0 Å². The molecule has 0 saturated carbocycles. The number of nitrogens with zero attached hydrogens (tertiary/aromatic N) is 1. The lowest BCUT2D eigenvalue weighted by Crippen LogP contribution is -2.28. The van der Waals surface area contributed by atoms with Crippen molar-refractivity contribution in [3.63, 3.8) is 0 Å². The molecule has 0 radical (unpaired) electrons. The van der Waals surface area contributed by atoms with Crippen LogP contribution >= 0.6 is 11.5 Å². The first kappa shape index (κ1) is 16.6. The van der Waals surface area contributed by atoms with E-state index in [0.29, 0.717) is 6.54 Å². The van der Waals surface area contributed by atoms with Crippen LogP contribution in [0, 0.1) is 5.92 Å². The van der Waals surface area contributed by atoms with Crippen LogP contribution in [0.25, 0.3) is 10.1 Å². The molecule has 0 spiro atoms. The number of aromatic nitrogens is 1. The van der Waals surface area contributed by atoms with Crippen molar-refractivity contribution in [3.8, 4) is 0 Å². The third-order valence-corrected chi connectivity index (χ3v) is 5.16. The van der Waals surface area contributed by atoms with Crippen LogP contribution in [0.4, 0.5) is 5.69 Å². The van der Waals surface area contributed by atoms with Gasteiger partial charge in [-0.1, -0.05) is 37.8 Å². The molecule has 1 aromatic heterocycles. The van der Waals surface area contributed by atoms with Gasteiger partial charge >= 0.3 is 0 Å². The van der Waals surface area contributed by atoms with Gasteiger partial charge in [0.25, 0.3) is 0 Å². The highest BCUT2D eigenvalue weighted by atomic mass is 32.1. The minimum Gasteiger partial charge on any atom is -0.326 e. The van der Waals surface area contributed by atoms with Crippen LogP contribution in [0.1, 0.15) is 18.9 Å². The van der Waals surface area contributed by atoms with Crippen LogP contribution in [0.15, 0.2) is 54.7 Å². The van der Waals surface area contributed by atoms with Crippen LogP contribution in [-0.2, 0) is 4.79 Å². The van der Waals surface area contributed by atoms with Crippen LogP contribution < -0.4 is 10.6 Å². The third kappa shape index (κ3) is 3.18. The topological polar surface area (TPSA) is 54.0 Å². The summed E-state index contributed by atoms with van der Waals surface area (Å²) in [5.41, 5.74) is 2.06. The lowest BCUT2D eigenvalue weighted by atomic mass is 9.88. The molecular weight excluding hydrogens is 318 g/mol. The van der Waals surface area contributed by atoms with Gasteiger partial charge in [-0.05, 0) is 35.3 Å². The fourth-order valence-corrected chi connectivity index (χ4v) is 3.86. The van der Waals surface area contributed by atoms with Crippen LogP contribution in [0.3, 0.4) is 0 Å². The van der Waals surface area contributed by atoms with Gasteiger partial charge in [-0.2, -0.15) is 4.37 Å². The van der Waals surface area contributed by atoms with Gasteiger partial charge in [0.1, 0.15) is 0 Å². The zero-order valence-corrected chi connectivity index (χ0v) is 13.3. The molecule has 4 rings (SSSR count). The highest BCUT2D eigenvalue weighted by Crippen LogP contribution is 2.29. The lowest BCUT2D eigenvalue weighted by Gasteiger charge is -2.18. The Morgan fingerprint density at radius 3 is 2.83 bits per heavy atom. The molecule has 0 aliphatic carbocycles. The summed E-state index contributed by atoms with van der Waals surface area (Å²) >= 11 is 1.44. The number of hydrogen-bond donors (Lipinski definition) is 2. The molecule has 1 aliphatic rings. The van der Waals surface area contributed by atoms with Gasteiger partial charge in [-0.3, -0.25) is 4.79 Å². The second-order valence-corrected chi connectivity index (χ2v) is 6.68. The Morgan fingerprint density at radius 1 is 1.17 bits per heavy atom. The Morgan fingerprint density at radius 2 is 2.00 bits per heavy atom. The van der Waals surface area contributed by atoms with Gasteiger partial charge in [0.15, 0.2) is 0 Å². The average Bonchev–Trinajstić information content (AvgIpc) is 3.24. The number of rotatable bonds is 3. The zero-order chi connectivity index (χ0) is 15.6. The molecule has 0 unspecified atom stereocenters. The normalized spacial score (nSPS) is 19.8. The molecule has 1 saturated heterocycles. The number of fused-ring (bicyclic) bond motifs is 1. The summed E-state index contributed by atoms with van der Waals surface area (Å²) in [6, 6.07) is 16.2. The van der Waals surface area contributed by atoms with Gasteiger partial charge in [0.05, 0.1) is 10.6 Å². The number of carbonyl (C=O) groups excluding carboxylic acids is 1. The van der Waals surface area contributed by atoms with E-state index in [1.807, 2.05) is 42.6 Å².